The molecule has 102 valence electrons. The van der Waals surface area contributed by atoms with Gasteiger partial charge in [0.2, 0.25) is 5.91 Å². The Balaban J connectivity index is 1.98. The van der Waals surface area contributed by atoms with Crippen LogP contribution in [0.25, 0.3) is 0 Å². The van der Waals surface area contributed by atoms with E-state index >= 15 is 0 Å². The van der Waals surface area contributed by atoms with E-state index in [1.165, 1.54) is 11.3 Å². The Bertz CT molecular complexity index is 654. The standard InChI is InChI=1S/C14H13N3O2S/c1-9-13(18)16-11-5-3-2-4-10(11)6-17(9)14(19)12-7-20-8-15-12/h2-5,7-9H,6H2,1H3,(H,16,18). The van der Waals surface area contributed by atoms with Gasteiger partial charge in [-0.15, -0.1) is 11.3 Å². The van der Waals surface area contributed by atoms with Crippen LogP contribution in [0.4, 0.5) is 5.69 Å². The summed E-state index contributed by atoms with van der Waals surface area (Å²) in [7, 11) is 0. The molecule has 6 heteroatoms. The first-order valence-corrected chi connectivity index (χ1v) is 7.19. The largest absolute Gasteiger partial charge is 0.324 e. The van der Waals surface area contributed by atoms with Gasteiger partial charge in [-0.2, -0.15) is 0 Å². The van der Waals surface area contributed by atoms with Crippen LogP contribution in [0.2, 0.25) is 0 Å². The molecule has 2 amide bonds. The van der Waals surface area contributed by atoms with Gasteiger partial charge in [0.15, 0.2) is 0 Å². The van der Waals surface area contributed by atoms with E-state index in [1.807, 2.05) is 24.3 Å². The lowest BCUT2D eigenvalue weighted by Crippen LogP contribution is -2.43. The normalized spacial score (nSPS) is 18.1. The quantitative estimate of drug-likeness (QED) is 0.874. The molecule has 0 aliphatic carbocycles. The van der Waals surface area contributed by atoms with Crippen LogP contribution >= 0.6 is 11.3 Å². The first-order valence-electron chi connectivity index (χ1n) is 6.25. The average molecular weight is 287 g/mol. The Kier molecular flexibility index (Phi) is 3.23. The molecule has 1 aliphatic heterocycles. The monoisotopic (exact) mass is 287 g/mol. The molecular weight excluding hydrogens is 274 g/mol. The summed E-state index contributed by atoms with van der Waals surface area (Å²) in [6.07, 6.45) is 0. The van der Waals surface area contributed by atoms with Crippen molar-refractivity contribution >= 4 is 28.8 Å². The number of rotatable bonds is 1. The third-order valence-electron chi connectivity index (χ3n) is 3.38. The van der Waals surface area contributed by atoms with Crippen LogP contribution in [0.1, 0.15) is 23.0 Å². The van der Waals surface area contributed by atoms with Gasteiger partial charge in [0.1, 0.15) is 11.7 Å². The molecule has 1 aromatic carbocycles. The van der Waals surface area contributed by atoms with E-state index in [4.69, 9.17) is 0 Å². The lowest BCUT2D eigenvalue weighted by molar-refractivity contribution is -0.120. The smallest absolute Gasteiger partial charge is 0.274 e. The van der Waals surface area contributed by atoms with E-state index in [1.54, 1.807) is 22.7 Å². The molecule has 2 heterocycles. The maximum Gasteiger partial charge on any atom is 0.274 e. The summed E-state index contributed by atoms with van der Waals surface area (Å²) in [4.78, 5) is 30.2. The number of fused-ring (bicyclic) bond motifs is 1. The number of nitrogens with zero attached hydrogens (tertiary/aromatic N) is 2. The second-order valence-electron chi connectivity index (χ2n) is 4.63. The number of anilines is 1. The summed E-state index contributed by atoms with van der Waals surface area (Å²) in [5.41, 5.74) is 3.68. The van der Waals surface area contributed by atoms with Gasteiger partial charge in [-0.25, -0.2) is 4.98 Å². The molecular formula is C14H13N3O2S. The third kappa shape index (κ3) is 2.18. The lowest BCUT2D eigenvalue weighted by atomic mass is 10.1. The molecule has 1 atom stereocenters. The Morgan fingerprint density at radius 2 is 2.25 bits per heavy atom. The minimum Gasteiger partial charge on any atom is -0.324 e. The molecule has 0 saturated heterocycles. The van der Waals surface area contributed by atoms with Crippen molar-refractivity contribution in [2.24, 2.45) is 0 Å². The van der Waals surface area contributed by atoms with Crippen LogP contribution < -0.4 is 5.32 Å². The Morgan fingerprint density at radius 1 is 1.45 bits per heavy atom. The summed E-state index contributed by atoms with van der Waals surface area (Å²) in [5.74, 6) is -0.399. The summed E-state index contributed by atoms with van der Waals surface area (Å²) in [6, 6.07) is 6.98. The number of hydrogen-bond acceptors (Lipinski definition) is 4. The number of para-hydroxylation sites is 1. The van der Waals surface area contributed by atoms with Crippen molar-refractivity contribution in [2.45, 2.75) is 19.5 Å². The van der Waals surface area contributed by atoms with Crippen molar-refractivity contribution in [3.05, 3.63) is 46.4 Å². The summed E-state index contributed by atoms with van der Waals surface area (Å²) in [6.45, 7) is 2.12. The fraction of sp³-hybridized carbons (Fsp3) is 0.214. The summed E-state index contributed by atoms with van der Waals surface area (Å²) >= 11 is 1.37. The molecule has 2 aromatic rings. The van der Waals surface area contributed by atoms with Crippen LogP contribution in [-0.2, 0) is 11.3 Å². The minimum atomic E-state index is -0.531. The van der Waals surface area contributed by atoms with Crippen LogP contribution in [0.5, 0.6) is 0 Å². The van der Waals surface area contributed by atoms with Crippen LogP contribution in [-0.4, -0.2) is 27.7 Å². The molecule has 3 rings (SSSR count). The zero-order chi connectivity index (χ0) is 14.1. The number of thiazole rings is 1. The summed E-state index contributed by atoms with van der Waals surface area (Å²) in [5, 5.41) is 4.55. The fourth-order valence-electron chi connectivity index (χ4n) is 2.19. The van der Waals surface area contributed by atoms with E-state index in [9.17, 15) is 9.59 Å². The molecule has 0 saturated carbocycles. The van der Waals surface area contributed by atoms with Gasteiger partial charge in [0.05, 0.1) is 5.51 Å². The number of carbonyl (C=O) groups excluding carboxylic acids is 2. The van der Waals surface area contributed by atoms with Gasteiger partial charge < -0.3 is 10.2 Å². The molecule has 0 radical (unpaired) electrons. The van der Waals surface area contributed by atoms with Gasteiger partial charge in [-0.3, -0.25) is 9.59 Å². The van der Waals surface area contributed by atoms with Crippen molar-refractivity contribution in [2.75, 3.05) is 5.32 Å². The molecule has 0 spiro atoms. The zero-order valence-electron chi connectivity index (χ0n) is 10.9. The van der Waals surface area contributed by atoms with Gasteiger partial charge in [-0.1, -0.05) is 18.2 Å². The van der Waals surface area contributed by atoms with E-state index in [0.29, 0.717) is 12.2 Å². The van der Waals surface area contributed by atoms with Crippen molar-refractivity contribution in [1.29, 1.82) is 0 Å². The van der Waals surface area contributed by atoms with E-state index in [0.717, 1.165) is 11.3 Å². The molecule has 1 aliphatic rings. The number of amides is 2. The molecule has 0 fully saturated rings. The van der Waals surface area contributed by atoms with Crippen LogP contribution in [0, 0.1) is 0 Å². The molecule has 0 bridgehead atoms. The first kappa shape index (κ1) is 12.8. The van der Waals surface area contributed by atoms with Crippen molar-refractivity contribution in [3.63, 3.8) is 0 Å². The lowest BCUT2D eigenvalue weighted by Gasteiger charge is -2.24. The average Bonchev–Trinajstić information content (AvgIpc) is 2.95. The van der Waals surface area contributed by atoms with Gasteiger partial charge in [0.25, 0.3) is 5.91 Å². The van der Waals surface area contributed by atoms with E-state index in [2.05, 4.69) is 10.3 Å². The Hall–Kier alpha value is -2.21. The van der Waals surface area contributed by atoms with E-state index in [-0.39, 0.29) is 11.8 Å². The fourth-order valence-corrected chi connectivity index (χ4v) is 2.72. The predicted molar refractivity (Wildman–Crippen MR) is 76.5 cm³/mol. The van der Waals surface area contributed by atoms with Gasteiger partial charge in [-0.05, 0) is 18.6 Å². The first-order chi connectivity index (χ1) is 9.66. The molecule has 5 nitrogen and oxygen atoms in total. The number of benzene rings is 1. The highest BCUT2D eigenvalue weighted by Crippen LogP contribution is 2.24. The topological polar surface area (TPSA) is 62.3 Å². The third-order valence-corrected chi connectivity index (χ3v) is 3.96. The maximum absolute atomic E-state index is 12.5. The molecule has 20 heavy (non-hydrogen) atoms. The second kappa shape index (κ2) is 5.05. The summed E-state index contributed by atoms with van der Waals surface area (Å²) < 4.78 is 0. The highest BCUT2D eigenvalue weighted by atomic mass is 32.1. The molecule has 1 unspecified atom stereocenters. The van der Waals surface area contributed by atoms with E-state index < -0.39 is 6.04 Å². The highest BCUT2D eigenvalue weighted by Gasteiger charge is 2.31. The highest BCUT2D eigenvalue weighted by molar-refractivity contribution is 7.07. The zero-order valence-corrected chi connectivity index (χ0v) is 11.7. The minimum absolute atomic E-state index is 0.182. The second-order valence-corrected chi connectivity index (χ2v) is 5.35. The SMILES string of the molecule is CC1C(=O)Nc2ccccc2CN1C(=O)c1cscn1. The van der Waals surface area contributed by atoms with Crippen molar-refractivity contribution in [1.82, 2.24) is 9.88 Å². The number of carbonyl (C=O) groups is 2. The number of aromatic nitrogens is 1. The van der Waals surface area contributed by atoms with Gasteiger partial charge >= 0.3 is 0 Å². The maximum atomic E-state index is 12.5. The predicted octanol–water partition coefficient (Wildman–Crippen LogP) is 2.13. The number of hydrogen-bond donors (Lipinski definition) is 1. The van der Waals surface area contributed by atoms with Gasteiger partial charge in [0, 0.05) is 17.6 Å². The van der Waals surface area contributed by atoms with Crippen LogP contribution in [0.15, 0.2) is 35.2 Å². The molecule has 1 aromatic heterocycles. The Labute approximate surface area is 120 Å². The van der Waals surface area contributed by atoms with Crippen molar-refractivity contribution in [3.8, 4) is 0 Å². The number of nitrogens with one attached hydrogen (secondary N) is 1. The van der Waals surface area contributed by atoms with Crippen molar-refractivity contribution < 1.29 is 9.59 Å². The molecule has 1 N–H and O–H groups in total. The van der Waals surface area contributed by atoms with Crippen LogP contribution in [0.3, 0.4) is 0 Å². The Morgan fingerprint density at radius 3 is 3.00 bits per heavy atom.